The zero-order chi connectivity index (χ0) is 12.3. The maximum atomic E-state index is 6.50. The van der Waals surface area contributed by atoms with Gasteiger partial charge in [-0.3, -0.25) is 4.70 Å². The Morgan fingerprint density at radius 1 is 1.06 bits per heavy atom. The van der Waals surface area contributed by atoms with Crippen LogP contribution in [-0.4, -0.2) is 5.71 Å². The molecule has 0 unspecified atom stereocenters. The SMILES string of the molecule is CC(C)=N.CCC.Cc1cccc(C)c1.F. The lowest BCUT2D eigenvalue weighted by atomic mass is 10.2. The maximum absolute atomic E-state index is 6.50. The van der Waals surface area contributed by atoms with E-state index in [4.69, 9.17) is 5.41 Å². The molecule has 1 nitrogen and oxygen atoms in total. The lowest BCUT2D eigenvalue weighted by Gasteiger charge is -1.90. The van der Waals surface area contributed by atoms with Gasteiger partial charge in [-0.05, 0) is 27.7 Å². The van der Waals surface area contributed by atoms with Crippen molar-refractivity contribution in [2.75, 3.05) is 0 Å². The van der Waals surface area contributed by atoms with E-state index >= 15 is 0 Å². The first-order chi connectivity index (χ1) is 6.93. The molecule has 0 heterocycles. The van der Waals surface area contributed by atoms with Gasteiger partial charge in [-0.1, -0.05) is 55.7 Å². The summed E-state index contributed by atoms with van der Waals surface area (Å²) in [5.41, 5.74) is 3.34. The van der Waals surface area contributed by atoms with E-state index in [0.717, 1.165) is 0 Å². The minimum absolute atomic E-state index is 0. The summed E-state index contributed by atoms with van der Waals surface area (Å²) in [7, 11) is 0. The topological polar surface area (TPSA) is 23.9 Å². The monoisotopic (exact) mass is 227 g/mol. The molecule has 1 rings (SSSR count). The highest BCUT2D eigenvalue weighted by Gasteiger charge is 1.80. The van der Waals surface area contributed by atoms with Gasteiger partial charge in [-0.2, -0.15) is 0 Å². The quantitative estimate of drug-likeness (QED) is 0.608. The lowest BCUT2D eigenvalue weighted by molar-refractivity contribution is 1.09. The molecule has 16 heavy (non-hydrogen) atoms. The van der Waals surface area contributed by atoms with Crippen molar-refractivity contribution in [3.8, 4) is 0 Å². The van der Waals surface area contributed by atoms with Gasteiger partial charge in [0.05, 0.1) is 0 Å². The molecule has 0 atom stereocenters. The van der Waals surface area contributed by atoms with E-state index in [-0.39, 0.29) is 4.70 Å². The second-order valence-electron chi connectivity index (χ2n) is 3.87. The lowest BCUT2D eigenvalue weighted by Crippen LogP contribution is -1.71. The fraction of sp³-hybridized carbons (Fsp3) is 0.500. The highest BCUT2D eigenvalue weighted by molar-refractivity contribution is 5.75. The molecule has 0 saturated carbocycles. The largest absolute Gasteiger partial charge is 0.310 e. The van der Waals surface area contributed by atoms with E-state index in [1.807, 2.05) is 0 Å². The number of halogens is 1. The van der Waals surface area contributed by atoms with Crippen LogP contribution in [0.25, 0.3) is 0 Å². The minimum atomic E-state index is 0. The summed E-state index contributed by atoms with van der Waals surface area (Å²) >= 11 is 0. The molecular weight excluding hydrogens is 201 g/mol. The Morgan fingerprint density at radius 3 is 1.44 bits per heavy atom. The van der Waals surface area contributed by atoms with Crippen LogP contribution in [0.5, 0.6) is 0 Å². The average Bonchev–Trinajstić information content (AvgIpc) is 2.03. The van der Waals surface area contributed by atoms with Crippen LogP contribution in [0.3, 0.4) is 0 Å². The number of hydrogen-bond acceptors (Lipinski definition) is 1. The molecule has 2 heteroatoms. The Morgan fingerprint density at radius 2 is 1.31 bits per heavy atom. The molecule has 0 bridgehead atoms. The second kappa shape index (κ2) is 13.8. The van der Waals surface area contributed by atoms with Crippen LogP contribution in [0.4, 0.5) is 4.70 Å². The second-order valence-corrected chi connectivity index (χ2v) is 3.87. The Bertz CT molecular complexity index is 248. The van der Waals surface area contributed by atoms with Crippen molar-refractivity contribution in [1.29, 1.82) is 5.41 Å². The van der Waals surface area contributed by atoms with Crippen molar-refractivity contribution in [1.82, 2.24) is 0 Å². The molecule has 0 amide bonds. The Labute approximate surface area is 99.8 Å². The van der Waals surface area contributed by atoms with Crippen molar-refractivity contribution in [3.05, 3.63) is 35.4 Å². The van der Waals surface area contributed by atoms with Crippen LogP contribution in [0, 0.1) is 19.3 Å². The molecule has 0 saturated heterocycles. The molecule has 0 aliphatic carbocycles. The van der Waals surface area contributed by atoms with E-state index in [1.54, 1.807) is 13.8 Å². The summed E-state index contributed by atoms with van der Waals surface area (Å²) in [4.78, 5) is 0. The van der Waals surface area contributed by atoms with E-state index < -0.39 is 0 Å². The third kappa shape index (κ3) is 23.0. The van der Waals surface area contributed by atoms with E-state index in [1.165, 1.54) is 17.5 Å². The fourth-order valence-electron chi connectivity index (χ4n) is 0.807. The number of benzene rings is 1. The molecule has 1 N–H and O–H groups in total. The molecule has 1 aromatic rings. The molecule has 0 fully saturated rings. The van der Waals surface area contributed by atoms with E-state index in [2.05, 4.69) is 52.0 Å². The summed E-state index contributed by atoms with van der Waals surface area (Å²) < 4.78 is 0. The van der Waals surface area contributed by atoms with Gasteiger partial charge in [0.2, 0.25) is 0 Å². The molecule has 0 spiro atoms. The molecule has 1 aromatic carbocycles. The van der Waals surface area contributed by atoms with Gasteiger partial charge in [-0.15, -0.1) is 0 Å². The third-order valence-corrected chi connectivity index (χ3v) is 1.17. The predicted molar refractivity (Wildman–Crippen MR) is 73.5 cm³/mol. The molecule has 0 aliphatic rings. The Balaban J connectivity index is -0.000000182. The first-order valence-corrected chi connectivity index (χ1v) is 5.49. The van der Waals surface area contributed by atoms with Crippen molar-refractivity contribution in [2.45, 2.75) is 48.0 Å². The van der Waals surface area contributed by atoms with Crippen molar-refractivity contribution < 1.29 is 4.70 Å². The Hall–Kier alpha value is -1.18. The van der Waals surface area contributed by atoms with Crippen LogP contribution in [0.2, 0.25) is 0 Å². The summed E-state index contributed by atoms with van der Waals surface area (Å²) in [5, 5.41) is 6.50. The molecule has 0 aromatic heterocycles. The van der Waals surface area contributed by atoms with Crippen molar-refractivity contribution in [2.24, 2.45) is 0 Å². The van der Waals surface area contributed by atoms with Gasteiger partial charge in [0.1, 0.15) is 0 Å². The minimum Gasteiger partial charge on any atom is -0.310 e. The number of nitrogens with one attached hydrogen (secondary N) is 1. The first kappa shape index (κ1) is 20.3. The van der Waals surface area contributed by atoms with E-state index in [9.17, 15) is 0 Å². The highest BCUT2D eigenvalue weighted by atomic mass is 19.0. The molecule has 0 radical (unpaired) electrons. The van der Waals surface area contributed by atoms with Crippen molar-refractivity contribution >= 4 is 5.71 Å². The van der Waals surface area contributed by atoms with Gasteiger partial charge >= 0.3 is 0 Å². The first-order valence-electron chi connectivity index (χ1n) is 5.49. The van der Waals surface area contributed by atoms with Crippen molar-refractivity contribution in [3.63, 3.8) is 0 Å². The normalized spacial score (nSPS) is 7.38. The average molecular weight is 227 g/mol. The van der Waals surface area contributed by atoms with Gasteiger partial charge in [-0.25, -0.2) is 0 Å². The highest BCUT2D eigenvalue weighted by Crippen LogP contribution is 2.00. The van der Waals surface area contributed by atoms with Crippen LogP contribution < -0.4 is 0 Å². The van der Waals surface area contributed by atoms with Crippen LogP contribution >= 0.6 is 0 Å². The summed E-state index contributed by atoms with van der Waals surface area (Å²) in [6.07, 6.45) is 1.25. The number of rotatable bonds is 0. The Kier molecular flexibility index (Phi) is 17.5. The van der Waals surface area contributed by atoms with Crippen LogP contribution in [0.15, 0.2) is 24.3 Å². The summed E-state index contributed by atoms with van der Waals surface area (Å²) in [5.74, 6) is 0. The van der Waals surface area contributed by atoms with Gasteiger partial charge in [0.25, 0.3) is 0 Å². The predicted octanol–water partition coefficient (Wildman–Crippen LogP) is 4.92. The van der Waals surface area contributed by atoms with Crippen LogP contribution in [0.1, 0.15) is 45.2 Å². The van der Waals surface area contributed by atoms with E-state index in [0.29, 0.717) is 5.71 Å². The third-order valence-electron chi connectivity index (χ3n) is 1.17. The number of aryl methyl sites for hydroxylation is 2. The van der Waals surface area contributed by atoms with Gasteiger partial charge in [0, 0.05) is 5.71 Å². The van der Waals surface area contributed by atoms with Gasteiger partial charge < -0.3 is 5.41 Å². The maximum Gasteiger partial charge on any atom is 0.00272 e. The smallest absolute Gasteiger partial charge is 0.00272 e. The molecular formula is C14H26FN. The summed E-state index contributed by atoms with van der Waals surface area (Å²) in [6, 6.07) is 8.45. The van der Waals surface area contributed by atoms with Gasteiger partial charge in [0.15, 0.2) is 0 Å². The number of hydrogen-bond donors (Lipinski definition) is 1. The van der Waals surface area contributed by atoms with Crippen LogP contribution in [-0.2, 0) is 0 Å². The zero-order valence-electron chi connectivity index (χ0n) is 11.4. The zero-order valence-corrected chi connectivity index (χ0v) is 11.4. The molecule has 0 aliphatic heterocycles. The summed E-state index contributed by atoms with van der Waals surface area (Å²) in [6.45, 7) is 12.0. The standard InChI is InChI=1S/C8H10.C3H7N.C3H8.FH/c1-7-4-3-5-8(2)6-7;1-3(2)4;1-3-2;/h3-6H,1-2H3;4H,1-2H3;3H2,1-2H3;1H. The molecule has 94 valence electrons. The fourth-order valence-corrected chi connectivity index (χ4v) is 0.807.